The zero-order valence-corrected chi connectivity index (χ0v) is 64.8. The Hall–Kier alpha value is -6.09. The molecule has 4 atom stereocenters. The van der Waals surface area contributed by atoms with Crippen LogP contribution in [-0.2, 0) is 0 Å². The fraction of sp³-hybridized carbons (Fsp3) is 0.455. The number of rotatable bonds is 12. The third kappa shape index (κ3) is 10.9. The largest absolute Gasteiger partial charge is 0.146 e. The van der Waals surface area contributed by atoms with Crippen LogP contribution in [0.2, 0.25) is 66.5 Å². The molecule has 476 valence electrons. The summed E-state index contributed by atoms with van der Waals surface area (Å²) in [6, 6.07) is 49.7. The summed E-state index contributed by atoms with van der Waals surface area (Å²) < 4.78 is 0. The van der Waals surface area contributed by atoms with Gasteiger partial charge in [0.2, 0.25) is 0 Å². The van der Waals surface area contributed by atoms with E-state index in [1.807, 2.05) is 0 Å². The quantitative estimate of drug-likeness (QED) is 0.0845. The van der Waals surface area contributed by atoms with Crippen molar-refractivity contribution in [3.63, 3.8) is 0 Å². The van der Waals surface area contributed by atoms with Crippen molar-refractivity contribution < 1.29 is 0 Å². The average molecular weight is 1280 g/mol. The molecule has 8 aromatic rings. The standard InChI is InChI=1S/C88H108Si4/c1-53(2)89(54(3)4,55(5)6)37-33-65-25-29-69-45-77-81(49-73(69)41-65)85-78-46-70-30-26-66(34-38-90(56(7)8,57(9)10)58(11)12)42-74(70)50-82(78)86(77)88-80-48-72-32-28-67(35-39-91(59(13)14,60(15)16)61(17)18)43-75(72)51-83(80)87(85)79-47-71-31-27-68(44-76(71)52-84(79)88)36-40-92(62(19)20,63(21)22)64(23)24/h25-32,41-64,85-88H,1-24H3/t85-,86-,87-,88-/m0/s1. The lowest BCUT2D eigenvalue weighted by Gasteiger charge is -2.50. The summed E-state index contributed by atoms with van der Waals surface area (Å²) in [6.07, 6.45) is 0. The molecule has 0 heterocycles. The number of hydrogen-bond donors (Lipinski definition) is 0. The summed E-state index contributed by atoms with van der Waals surface area (Å²) in [5, 5.41) is 10.3. The molecule has 0 amide bonds. The van der Waals surface area contributed by atoms with E-state index in [0.717, 1.165) is 22.3 Å². The van der Waals surface area contributed by atoms with Gasteiger partial charge in [0.05, 0.1) is 0 Å². The lowest BCUT2D eigenvalue weighted by Crippen LogP contribution is -2.43. The summed E-state index contributed by atoms with van der Waals surface area (Å²) in [5.41, 5.74) is 39.5. The molecule has 0 radical (unpaired) electrons. The van der Waals surface area contributed by atoms with Crippen LogP contribution < -0.4 is 0 Å². The summed E-state index contributed by atoms with van der Waals surface area (Å²) in [5.74, 6) is 15.7. The Kier molecular flexibility index (Phi) is 18.5. The van der Waals surface area contributed by atoms with E-state index in [9.17, 15) is 0 Å². The Morgan fingerprint density at radius 2 is 0.337 bits per heavy atom. The summed E-state index contributed by atoms with van der Waals surface area (Å²) in [4.78, 5) is 0. The predicted octanol–water partition coefficient (Wildman–Crippen LogP) is 25.4. The van der Waals surface area contributed by atoms with Crippen molar-refractivity contribution in [3.8, 4) is 45.9 Å². The first-order valence-electron chi connectivity index (χ1n) is 35.9. The minimum atomic E-state index is -1.97. The lowest BCUT2D eigenvalue weighted by atomic mass is 9.52. The van der Waals surface area contributed by atoms with Crippen LogP contribution in [-0.4, -0.2) is 32.3 Å². The van der Waals surface area contributed by atoms with E-state index in [4.69, 9.17) is 0 Å². The SMILES string of the molecule is CC(C)[Si](C#Cc1ccc2cc3c(cc2c1)[C@@H]1c2cc4ccc(C#C[Si](C(C)C)(C(C)C)C(C)C)cc4cc2[C@H]3[C@H]2c3cc4ccc(C#C[Si](C(C)C)(C(C)C)C(C)C)cc4cc3[C@@H]1c1cc3ccc(C#C[Si](C(C)C)(C(C)C)C(C)C)cc3cc12)(C(C)C)C(C)C. The highest BCUT2D eigenvalue weighted by Gasteiger charge is 2.51. The zero-order chi connectivity index (χ0) is 66.6. The van der Waals surface area contributed by atoms with E-state index >= 15 is 0 Å². The van der Waals surface area contributed by atoms with Crippen molar-refractivity contribution >= 4 is 75.4 Å². The van der Waals surface area contributed by atoms with Gasteiger partial charge < -0.3 is 0 Å². The van der Waals surface area contributed by atoms with Crippen LogP contribution in [0.3, 0.4) is 0 Å². The fourth-order valence-electron chi connectivity index (χ4n) is 20.4. The second-order valence-electron chi connectivity index (χ2n) is 32.7. The van der Waals surface area contributed by atoms with E-state index in [-0.39, 0.29) is 23.7 Å². The average Bonchev–Trinajstić information content (AvgIpc) is 0.679. The molecule has 0 spiro atoms. The van der Waals surface area contributed by atoms with Crippen LogP contribution in [0.1, 0.15) is 257 Å². The molecule has 0 nitrogen and oxygen atoms in total. The fourth-order valence-corrected chi connectivity index (χ4v) is 41.3. The minimum Gasteiger partial charge on any atom is -0.125 e. The van der Waals surface area contributed by atoms with Crippen LogP contribution in [0.4, 0.5) is 0 Å². The highest BCUT2D eigenvalue weighted by atomic mass is 28.3. The van der Waals surface area contributed by atoms with Crippen LogP contribution in [0.5, 0.6) is 0 Å². The Morgan fingerprint density at radius 3 is 0.478 bits per heavy atom. The van der Waals surface area contributed by atoms with Gasteiger partial charge in [0.1, 0.15) is 32.3 Å². The number of fused-ring (bicyclic) bond motifs is 4. The molecular weight excluding hydrogens is 1170 g/mol. The van der Waals surface area contributed by atoms with Gasteiger partial charge in [-0.05, 0) is 203 Å². The third-order valence-electron chi connectivity index (χ3n) is 24.7. The molecular formula is C88H108Si4. The van der Waals surface area contributed by atoms with Gasteiger partial charge in [0, 0.05) is 45.9 Å². The summed E-state index contributed by atoms with van der Waals surface area (Å²) in [6.45, 7) is 58.2. The van der Waals surface area contributed by atoms with E-state index in [2.05, 4.69) is 333 Å². The maximum atomic E-state index is 4.09. The van der Waals surface area contributed by atoms with Gasteiger partial charge in [-0.1, -0.05) is 263 Å². The Balaban J connectivity index is 1.20. The van der Waals surface area contributed by atoms with Gasteiger partial charge >= 0.3 is 0 Å². The Bertz CT molecular complexity index is 3810. The second kappa shape index (κ2) is 25.2. The van der Waals surface area contributed by atoms with E-state index < -0.39 is 32.3 Å². The molecule has 0 aliphatic heterocycles. The van der Waals surface area contributed by atoms with E-state index in [1.165, 1.54) is 87.6 Å². The van der Waals surface area contributed by atoms with Crippen molar-refractivity contribution in [3.05, 3.63) is 188 Å². The highest BCUT2D eigenvalue weighted by molar-refractivity contribution is 6.92. The van der Waals surface area contributed by atoms with Crippen molar-refractivity contribution in [2.24, 2.45) is 0 Å². The van der Waals surface area contributed by atoms with Gasteiger partial charge in [-0.25, -0.2) is 0 Å². The smallest absolute Gasteiger partial charge is 0.125 e. The molecule has 14 rings (SSSR count). The van der Waals surface area contributed by atoms with Gasteiger partial charge in [0.25, 0.3) is 0 Å². The molecule has 4 heteroatoms. The zero-order valence-electron chi connectivity index (χ0n) is 60.8. The topological polar surface area (TPSA) is 0 Å². The normalized spacial score (nSPS) is 17.1. The molecule has 0 fully saturated rings. The summed E-state index contributed by atoms with van der Waals surface area (Å²) in [7, 11) is -7.88. The minimum absolute atomic E-state index is 0.0366. The molecule has 0 saturated heterocycles. The number of benzene rings is 8. The second-order valence-corrected chi connectivity index (χ2v) is 55.0. The van der Waals surface area contributed by atoms with E-state index in [1.54, 1.807) is 0 Å². The van der Waals surface area contributed by atoms with Gasteiger partial charge in [-0.2, -0.15) is 0 Å². The van der Waals surface area contributed by atoms with Crippen molar-refractivity contribution in [2.75, 3.05) is 0 Å². The van der Waals surface area contributed by atoms with Crippen LogP contribution >= 0.6 is 0 Å². The highest BCUT2D eigenvalue weighted by Crippen LogP contribution is 2.66. The first-order valence-corrected chi connectivity index (χ1v) is 44.8. The molecule has 92 heavy (non-hydrogen) atoms. The van der Waals surface area contributed by atoms with Gasteiger partial charge in [-0.3, -0.25) is 0 Å². The van der Waals surface area contributed by atoms with Crippen molar-refractivity contribution in [2.45, 2.75) is 256 Å². The van der Waals surface area contributed by atoms with Crippen molar-refractivity contribution in [1.82, 2.24) is 0 Å². The monoisotopic (exact) mass is 1280 g/mol. The number of hydrogen-bond acceptors (Lipinski definition) is 0. The molecule has 6 aliphatic rings. The van der Waals surface area contributed by atoms with Gasteiger partial charge in [0.15, 0.2) is 0 Å². The Labute approximate surface area is 561 Å². The molecule has 0 N–H and O–H groups in total. The van der Waals surface area contributed by atoms with Gasteiger partial charge in [-0.15, -0.1) is 22.2 Å². The summed E-state index contributed by atoms with van der Waals surface area (Å²) >= 11 is 0. The lowest BCUT2D eigenvalue weighted by molar-refractivity contribution is 0.532. The molecule has 0 saturated carbocycles. The van der Waals surface area contributed by atoms with Crippen LogP contribution in [0.15, 0.2) is 121 Å². The molecule has 4 bridgehead atoms. The van der Waals surface area contributed by atoms with Crippen molar-refractivity contribution in [1.29, 1.82) is 0 Å². The first kappa shape index (κ1) is 67.3. The van der Waals surface area contributed by atoms with Crippen LogP contribution in [0.25, 0.3) is 43.1 Å². The maximum absolute atomic E-state index is 4.09. The molecule has 0 unspecified atom stereocenters. The molecule has 6 aliphatic carbocycles. The first-order chi connectivity index (χ1) is 43.4. The predicted molar refractivity (Wildman–Crippen MR) is 415 cm³/mol. The van der Waals surface area contributed by atoms with Crippen LogP contribution in [0, 0.1) is 45.9 Å². The molecule has 0 aromatic heterocycles. The third-order valence-corrected chi connectivity index (χ3v) is 49.8. The maximum Gasteiger partial charge on any atom is 0.146 e. The van der Waals surface area contributed by atoms with E-state index in [0.29, 0.717) is 66.5 Å². The Morgan fingerprint density at radius 1 is 0.196 bits per heavy atom. The molecule has 8 aromatic carbocycles.